The maximum atomic E-state index is 4.76. The Morgan fingerprint density at radius 3 is 1.24 bits per heavy atom. The summed E-state index contributed by atoms with van der Waals surface area (Å²) < 4.78 is 7.08. The van der Waals surface area contributed by atoms with Crippen LogP contribution in [0.5, 0.6) is 0 Å². The zero-order chi connectivity index (χ0) is 47.2. The third-order valence-corrected chi connectivity index (χ3v) is 14.6. The monoisotopic (exact) mass is 907 g/mol. The molecule has 0 unspecified atom stereocenters. The lowest BCUT2D eigenvalue weighted by molar-refractivity contribution is 1.08. The Morgan fingerprint density at radius 1 is 0.296 bits per heavy atom. The highest BCUT2D eigenvalue weighted by molar-refractivity contribution is 6.20. The van der Waals surface area contributed by atoms with Gasteiger partial charge in [-0.3, -0.25) is 9.13 Å². The highest BCUT2D eigenvalue weighted by Gasteiger charge is 2.25. The molecule has 0 amide bonds. The second-order valence-electron chi connectivity index (χ2n) is 18.4. The van der Waals surface area contributed by atoms with Crippen LogP contribution in [0, 0.1) is 0 Å². The molecule has 0 bridgehead atoms. The second kappa shape index (κ2) is 16.2. The van der Waals surface area contributed by atoms with Crippen LogP contribution in [-0.4, -0.2) is 23.7 Å². The predicted octanol–water partition coefficient (Wildman–Crippen LogP) is 17.5. The average molecular weight is 908 g/mol. The van der Waals surface area contributed by atoms with E-state index in [0.717, 1.165) is 33.7 Å². The van der Waals surface area contributed by atoms with E-state index in [1.165, 1.54) is 104 Å². The van der Waals surface area contributed by atoms with Crippen LogP contribution in [0.2, 0.25) is 0 Å². The van der Waals surface area contributed by atoms with Gasteiger partial charge in [0, 0.05) is 50.1 Å². The molecule has 0 radical (unpaired) electrons. The molecule has 0 spiro atoms. The van der Waals surface area contributed by atoms with Gasteiger partial charge < -0.3 is 4.57 Å². The van der Waals surface area contributed by atoms with E-state index in [1.807, 2.05) is 50.5 Å². The summed E-state index contributed by atoms with van der Waals surface area (Å²) in [6.07, 6.45) is 7.73. The third kappa shape index (κ3) is 6.19. The van der Waals surface area contributed by atoms with E-state index >= 15 is 0 Å². The van der Waals surface area contributed by atoms with Crippen molar-refractivity contribution in [3.8, 4) is 61.8 Å². The van der Waals surface area contributed by atoms with Gasteiger partial charge in [-0.1, -0.05) is 146 Å². The smallest absolute Gasteiger partial charge is 0.137 e. The number of fused-ring (bicyclic) bond motifs is 12. The number of pyridine rings is 2. The molecule has 5 heterocycles. The molecule has 334 valence electrons. The predicted molar refractivity (Wildman–Crippen MR) is 298 cm³/mol. The third-order valence-electron chi connectivity index (χ3n) is 14.6. The van der Waals surface area contributed by atoms with Gasteiger partial charge in [-0.2, -0.15) is 0 Å². The summed E-state index contributed by atoms with van der Waals surface area (Å²) in [5.41, 5.74) is 17.9. The van der Waals surface area contributed by atoms with E-state index in [0.29, 0.717) is 0 Å². The quantitative estimate of drug-likeness (QED) is 0.161. The molecule has 14 aromatic rings. The maximum Gasteiger partial charge on any atom is 0.137 e. The van der Waals surface area contributed by atoms with E-state index in [2.05, 4.69) is 214 Å². The van der Waals surface area contributed by atoms with Crippen molar-refractivity contribution in [2.24, 2.45) is 0 Å². The molecule has 5 aromatic heterocycles. The van der Waals surface area contributed by atoms with Gasteiger partial charge in [0.25, 0.3) is 0 Å². The number of nitrogens with zero attached hydrogens (tertiary/aromatic N) is 5. The van der Waals surface area contributed by atoms with E-state index in [1.54, 1.807) is 0 Å². The number of allylic oxidation sites excluding steroid dienone is 2. The molecule has 0 fully saturated rings. The van der Waals surface area contributed by atoms with Crippen molar-refractivity contribution < 1.29 is 0 Å². The number of rotatable bonds is 5. The van der Waals surface area contributed by atoms with Gasteiger partial charge in [0.05, 0.1) is 38.8 Å². The molecule has 1 aliphatic rings. The highest BCUT2D eigenvalue weighted by Crippen LogP contribution is 2.50. The van der Waals surface area contributed by atoms with Crippen molar-refractivity contribution in [3.05, 3.63) is 237 Å². The summed E-state index contributed by atoms with van der Waals surface area (Å²) in [5.74, 6) is 1.83. The van der Waals surface area contributed by atoms with E-state index in [-0.39, 0.29) is 0 Å². The zero-order valence-corrected chi connectivity index (χ0v) is 39.3. The minimum absolute atomic E-state index is 0.913. The van der Waals surface area contributed by atoms with Crippen LogP contribution >= 0.6 is 0 Å². The molecule has 5 nitrogen and oxygen atoms in total. The number of hydrogen-bond donors (Lipinski definition) is 0. The van der Waals surface area contributed by atoms with Gasteiger partial charge in [-0.15, -0.1) is 0 Å². The standard InChI is InChI=1S/C62H37N5.C4H8/c1-2-13-43-42(12-1)48-16-11-17-50-55(31-28-49(43)62(48)50)65-58-36-40(38-24-29-56-51(34-38)44-14-3-5-18-53(44)66(56)60-20-7-9-32-63-60)22-26-46(58)47-27-23-41(37-59(47)65)39-25-30-57-52(35-39)45-15-4-6-19-54(45)67(57)61-21-8-10-33-64-61;1-3-4-2/h1-37H;3-4H,1-2H3/b;4-3-. The fourth-order valence-corrected chi connectivity index (χ4v) is 11.4. The number of benzene rings is 9. The van der Waals surface area contributed by atoms with Crippen molar-refractivity contribution in [2.45, 2.75) is 13.8 Å². The van der Waals surface area contributed by atoms with E-state index in [9.17, 15) is 0 Å². The molecule has 1 aliphatic carbocycles. The molecule has 0 saturated carbocycles. The first-order valence-electron chi connectivity index (χ1n) is 24.4. The van der Waals surface area contributed by atoms with Gasteiger partial charge >= 0.3 is 0 Å². The first kappa shape index (κ1) is 40.7. The van der Waals surface area contributed by atoms with Crippen LogP contribution in [0.25, 0.3) is 138 Å². The molecule has 0 aliphatic heterocycles. The highest BCUT2D eigenvalue weighted by atomic mass is 15.1. The van der Waals surface area contributed by atoms with Crippen LogP contribution in [0.15, 0.2) is 237 Å². The maximum absolute atomic E-state index is 4.76. The van der Waals surface area contributed by atoms with Gasteiger partial charge in [0.1, 0.15) is 11.6 Å². The number of para-hydroxylation sites is 2. The van der Waals surface area contributed by atoms with Crippen molar-refractivity contribution >= 4 is 76.2 Å². The van der Waals surface area contributed by atoms with E-state index in [4.69, 9.17) is 9.97 Å². The fraction of sp³-hybridized carbons (Fsp3) is 0.0303. The summed E-state index contributed by atoms with van der Waals surface area (Å²) in [6, 6.07) is 77.7. The average Bonchev–Trinajstić information content (AvgIpc) is 4.17. The van der Waals surface area contributed by atoms with Crippen LogP contribution in [0.1, 0.15) is 13.8 Å². The lowest BCUT2D eigenvalue weighted by Crippen LogP contribution is -1.97. The fourth-order valence-electron chi connectivity index (χ4n) is 11.4. The van der Waals surface area contributed by atoms with Crippen LogP contribution < -0.4 is 0 Å². The summed E-state index contributed by atoms with van der Waals surface area (Å²) in [6.45, 7) is 4.00. The minimum atomic E-state index is 0.913. The van der Waals surface area contributed by atoms with Crippen LogP contribution in [-0.2, 0) is 0 Å². The van der Waals surface area contributed by atoms with Crippen molar-refractivity contribution in [1.82, 2.24) is 23.7 Å². The summed E-state index contributed by atoms with van der Waals surface area (Å²) in [7, 11) is 0. The Morgan fingerprint density at radius 2 is 0.718 bits per heavy atom. The number of aromatic nitrogens is 5. The zero-order valence-electron chi connectivity index (χ0n) is 39.3. The summed E-state index contributed by atoms with van der Waals surface area (Å²) in [4.78, 5) is 9.53. The van der Waals surface area contributed by atoms with Gasteiger partial charge in [-0.25, -0.2) is 9.97 Å². The topological polar surface area (TPSA) is 40.6 Å². The van der Waals surface area contributed by atoms with E-state index < -0.39 is 0 Å². The Bertz CT molecular complexity index is 4230. The Hall–Kier alpha value is -9.32. The van der Waals surface area contributed by atoms with Crippen LogP contribution in [0.4, 0.5) is 0 Å². The Labute approximate surface area is 410 Å². The molecule has 9 aromatic carbocycles. The molecule has 15 rings (SSSR count). The minimum Gasteiger partial charge on any atom is -0.309 e. The molecule has 0 saturated heterocycles. The van der Waals surface area contributed by atoms with Crippen molar-refractivity contribution in [2.75, 3.05) is 0 Å². The molecule has 71 heavy (non-hydrogen) atoms. The SMILES string of the molecule is C/C=C\C.c1ccc(-n2c3ccccc3c3cc(-c4ccc5c6ccc(-c7ccc8c(c7)c7ccccc7n8-c7ccccn7)cc6n(-c6ccc7c8c(cccc68)-c6ccccc6-7)c5c4)ccc32)nc1. The first-order valence-corrected chi connectivity index (χ1v) is 24.4. The van der Waals surface area contributed by atoms with Crippen LogP contribution in [0.3, 0.4) is 0 Å². The Kier molecular flexibility index (Phi) is 9.26. The molecule has 0 N–H and O–H groups in total. The van der Waals surface area contributed by atoms with Crippen molar-refractivity contribution in [1.29, 1.82) is 0 Å². The first-order chi connectivity index (χ1) is 35.2. The van der Waals surface area contributed by atoms with Gasteiger partial charge in [0.15, 0.2) is 0 Å². The summed E-state index contributed by atoms with van der Waals surface area (Å²) in [5, 5.41) is 9.83. The number of hydrogen-bond acceptors (Lipinski definition) is 2. The Balaban J connectivity index is 0.00000114. The molecular weight excluding hydrogens is 863 g/mol. The largest absolute Gasteiger partial charge is 0.309 e. The van der Waals surface area contributed by atoms with Gasteiger partial charge in [0.2, 0.25) is 0 Å². The lowest BCUT2D eigenvalue weighted by Gasteiger charge is -2.14. The second-order valence-corrected chi connectivity index (χ2v) is 18.4. The van der Waals surface area contributed by atoms with Crippen molar-refractivity contribution in [3.63, 3.8) is 0 Å². The molecular formula is C66H45N5. The van der Waals surface area contributed by atoms with Gasteiger partial charge in [-0.05, 0) is 143 Å². The summed E-state index contributed by atoms with van der Waals surface area (Å²) >= 11 is 0. The normalized spacial score (nSPS) is 12.0. The molecule has 5 heteroatoms. The lowest BCUT2D eigenvalue weighted by atomic mass is 10.00. The molecule has 0 atom stereocenters.